The lowest BCUT2D eigenvalue weighted by Crippen LogP contribution is -2.42. The van der Waals surface area contributed by atoms with Crippen molar-refractivity contribution in [1.29, 1.82) is 0 Å². The fourth-order valence-corrected chi connectivity index (χ4v) is 3.28. The van der Waals surface area contributed by atoms with Gasteiger partial charge in [0, 0.05) is 17.3 Å². The monoisotopic (exact) mass is 307 g/mol. The number of rotatable bonds is 2. The molecule has 3 atom stereocenters. The Bertz CT molecular complexity index is 643. The number of nitrogens with one attached hydrogen (secondary N) is 1. The quantitative estimate of drug-likeness (QED) is 0.862. The molecule has 1 aromatic carbocycles. The van der Waals surface area contributed by atoms with Crippen molar-refractivity contribution in [2.24, 2.45) is 0 Å². The molecule has 0 spiro atoms. The van der Waals surface area contributed by atoms with E-state index in [2.05, 4.69) is 5.32 Å². The molecule has 0 amide bonds. The zero-order valence-corrected chi connectivity index (χ0v) is 12.3. The van der Waals surface area contributed by atoms with Gasteiger partial charge < -0.3 is 29.4 Å². The Labute approximate surface area is 127 Å². The number of hydrogen-bond acceptors (Lipinski definition) is 6. The first kappa shape index (κ1) is 13.7. The third-order valence-corrected chi connectivity index (χ3v) is 4.11. The van der Waals surface area contributed by atoms with E-state index >= 15 is 0 Å². The molecule has 0 aromatic heterocycles. The van der Waals surface area contributed by atoms with E-state index in [-0.39, 0.29) is 31.5 Å². The van der Waals surface area contributed by atoms with E-state index in [4.69, 9.17) is 24.1 Å². The summed E-state index contributed by atoms with van der Waals surface area (Å²) in [5.41, 5.74) is 1.71. The minimum atomic E-state index is -0.881. The first-order valence-electron chi connectivity index (χ1n) is 7.20. The zero-order chi connectivity index (χ0) is 15.5. The summed E-state index contributed by atoms with van der Waals surface area (Å²) >= 11 is 0. The predicted octanol–water partition coefficient (Wildman–Crippen LogP) is 1.88. The fraction of sp³-hybridized carbons (Fsp3) is 0.533. The molecule has 0 aliphatic carbocycles. The van der Waals surface area contributed by atoms with Gasteiger partial charge in [-0.25, -0.2) is 0 Å². The van der Waals surface area contributed by atoms with Gasteiger partial charge in [-0.1, -0.05) is 0 Å². The summed E-state index contributed by atoms with van der Waals surface area (Å²) in [7, 11) is 0. The van der Waals surface area contributed by atoms with Crippen LogP contribution in [0.5, 0.6) is 11.5 Å². The number of benzene rings is 1. The topological polar surface area (TPSA) is 86.3 Å². The smallest absolute Gasteiger partial charge is 0.305 e. The normalized spacial score (nSPS) is 30.4. The van der Waals surface area contributed by atoms with E-state index < -0.39 is 11.8 Å². The van der Waals surface area contributed by atoms with Crippen molar-refractivity contribution in [2.75, 3.05) is 12.1 Å². The highest BCUT2D eigenvalue weighted by atomic mass is 16.8. The van der Waals surface area contributed by atoms with Gasteiger partial charge in [0.1, 0.15) is 12.2 Å². The van der Waals surface area contributed by atoms with E-state index in [9.17, 15) is 4.79 Å². The third-order valence-electron chi connectivity index (χ3n) is 4.11. The second-order valence-corrected chi connectivity index (χ2v) is 6.16. The van der Waals surface area contributed by atoms with Gasteiger partial charge in [0.05, 0.1) is 12.5 Å². The van der Waals surface area contributed by atoms with E-state index in [0.717, 1.165) is 11.3 Å². The minimum Gasteiger partial charge on any atom is -0.481 e. The van der Waals surface area contributed by atoms with E-state index in [1.165, 1.54) is 0 Å². The maximum absolute atomic E-state index is 11.1. The Balaban J connectivity index is 1.76. The molecular weight excluding hydrogens is 290 g/mol. The second-order valence-electron chi connectivity index (χ2n) is 6.16. The molecule has 2 N–H and O–H groups in total. The highest BCUT2D eigenvalue weighted by molar-refractivity contribution is 5.71. The summed E-state index contributed by atoms with van der Waals surface area (Å²) in [6.07, 6.45) is -0.738. The Kier molecular flexibility index (Phi) is 2.79. The van der Waals surface area contributed by atoms with Crippen LogP contribution in [0.3, 0.4) is 0 Å². The van der Waals surface area contributed by atoms with Crippen LogP contribution in [0.4, 0.5) is 5.69 Å². The molecule has 7 heteroatoms. The van der Waals surface area contributed by atoms with Gasteiger partial charge in [0.2, 0.25) is 6.79 Å². The first-order valence-corrected chi connectivity index (χ1v) is 7.20. The molecule has 1 aromatic rings. The number of carboxylic acids is 1. The van der Waals surface area contributed by atoms with Gasteiger partial charge in [-0.05, 0) is 19.9 Å². The van der Waals surface area contributed by atoms with Gasteiger partial charge in [-0.15, -0.1) is 0 Å². The lowest BCUT2D eigenvalue weighted by molar-refractivity contribution is -0.150. The summed E-state index contributed by atoms with van der Waals surface area (Å²) in [6, 6.07) is 3.35. The number of anilines is 1. The lowest BCUT2D eigenvalue weighted by atomic mass is 9.90. The summed E-state index contributed by atoms with van der Waals surface area (Å²) in [6.45, 7) is 3.85. The number of carboxylic acid groups (broad SMARTS) is 1. The van der Waals surface area contributed by atoms with Crippen LogP contribution < -0.4 is 14.8 Å². The standard InChI is InChI=1S/C15H17NO6/c1-15(2)21-13-7-3-10-11(20-6-19-10)4-8(7)16-9(5-12(17)18)14(13)22-15/h3-4,9,13-14,16H,5-6H2,1-2H3,(H,17,18)/t9-,13-,14-/m0/s1. The molecule has 7 nitrogen and oxygen atoms in total. The molecular formula is C15H17NO6. The van der Waals surface area contributed by atoms with Gasteiger partial charge in [-0.2, -0.15) is 0 Å². The highest BCUT2D eigenvalue weighted by Crippen LogP contribution is 2.49. The summed E-state index contributed by atoms with van der Waals surface area (Å²) in [5.74, 6) is -0.318. The van der Waals surface area contributed by atoms with Crippen molar-refractivity contribution in [2.45, 2.75) is 44.3 Å². The van der Waals surface area contributed by atoms with Crippen molar-refractivity contribution >= 4 is 11.7 Å². The predicted molar refractivity (Wildman–Crippen MR) is 75.0 cm³/mol. The molecule has 118 valence electrons. The maximum atomic E-state index is 11.1. The molecule has 1 fully saturated rings. The molecule has 4 rings (SSSR count). The van der Waals surface area contributed by atoms with E-state index in [1.54, 1.807) is 0 Å². The average Bonchev–Trinajstić information content (AvgIpc) is 2.98. The number of fused-ring (bicyclic) bond motifs is 4. The summed E-state index contributed by atoms with van der Waals surface area (Å²) in [4.78, 5) is 11.1. The van der Waals surface area contributed by atoms with Crippen LogP contribution in [-0.2, 0) is 14.3 Å². The van der Waals surface area contributed by atoms with Gasteiger partial charge in [0.25, 0.3) is 0 Å². The highest BCUT2D eigenvalue weighted by Gasteiger charge is 2.50. The van der Waals surface area contributed by atoms with Crippen LogP contribution in [-0.4, -0.2) is 35.8 Å². The van der Waals surface area contributed by atoms with Crippen LogP contribution in [0.2, 0.25) is 0 Å². The molecule has 3 aliphatic rings. The molecule has 0 saturated carbocycles. The van der Waals surface area contributed by atoms with Crippen LogP contribution in [0.15, 0.2) is 12.1 Å². The molecule has 1 saturated heterocycles. The lowest BCUT2D eigenvalue weighted by Gasteiger charge is -2.34. The van der Waals surface area contributed by atoms with Gasteiger partial charge >= 0.3 is 5.97 Å². The summed E-state index contributed by atoms with van der Waals surface area (Å²) in [5, 5.41) is 12.4. The minimum absolute atomic E-state index is 0.0471. The number of aliphatic carboxylic acids is 1. The Morgan fingerprint density at radius 3 is 2.77 bits per heavy atom. The molecule has 22 heavy (non-hydrogen) atoms. The van der Waals surface area contributed by atoms with E-state index in [0.29, 0.717) is 11.5 Å². The molecule has 3 aliphatic heterocycles. The van der Waals surface area contributed by atoms with Crippen LogP contribution in [0.1, 0.15) is 31.9 Å². The van der Waals surface area contributed by atoms with Crippen LogP contribution >= 0.6 is 0 Å². The van der Waals surface area contributed by atoms with Crippen molar-refractivity contribution in [3.8, 4) is 11.5 Å². The molecule has 0 bridgehead atoms. The fourth-order valence-electron chi connectivity index (χ4n) is 3.28. The molecule has 0 unspecified atom stereocenters. The van der Waals surface area contributed by atoms with Crippen LogP contribution in [0, 0.1) is 0 Å². The maximum Gasteiger partial charge on any atom is 0.305 e. The first-order chi connectivity index (χ1) is 10.4. The third kappa shape index (κ3) is 2.08. The number of carbonyl (C=O) groups is 1. The molecule has 3 heterocycles. The number of hydrogen-bond donors (Lipinski definition) is 2. The average molecular weight is 307 g/mol. The zero-order valence-electron chi connectivity index (χ0n) is 12.3. The molecule has 0 radical (unpaired) electrons. The largest absolute Gasteiger partial charge is 0.481 e. The van der Waals surface area contributed by atoms with Gasteiger partial charge in [-0.3, -0.25) is 4.79 Å². The van der Waals surface area contributed by atoms with E-state index in [1.807, 2.05) is 26.0 Å². The Morgan fingerprint density at radius 1 is 1.32 bits per heavy atom. The van der Waals surface area contributed by atoms with Crippen LogP contribution in [0.25, 0.3) is 0 Å². The Hall–Kier alpha value is -1.99. The van der Waals surface area contributed by atoms with Crippen molar-refractivity contribution < 1.29 is 28.8 Å². The van der Waals surface area contributed by atoms with Gasteiger partial charge in [0.15, 0.2) is 17.3 Å². The van der Waals surface area contributed by atoms with Crippen molar-refractivity contribution in [3.05, 3.63) is 17.7 Å². The Morgan fingerprint density at radius 2 is 2.05 bits per heavy atom. The summed E-state index contributed by atoms with van der Waals surface area (Å²) < 4.78 is 22.7. The van der Waals surface area contributed by atoms with Crippen molar-refractivity contribution in [1.82, 2.24) is 0 Å². The van der Waals surface area contributed by atoms with Crippen molar-refractivity contribution in [3.63, 3.8) is 0 Å². The SMILES string of the molecule is CC1(C)O[C@H]2[C@H](CC(=O)O)Nc3cc4c(cc3[C@@H]2O1)OCO4. The number of ether oxygens (including phenoxy) is 4. The second kappa shape index (κ2) is 4.50.